The molecule has 1 aliphatic rings. The Balaban J connectivity index is 0.000000454. The number of carboxylic acid groups (broad SMARTS) is 2. The van der Waals surface area contributed by atoms with Crippen molar-refractivity contribution in [2.24, 2.45) is 0 Å². The second-order valence-corrected chi connectivity index (χ2v) is 7.70. The average Bonchev–Trinajstić information content (AvgIpc) is 2.84. The lowest BCUT2D eigenvalue weighted by atomic mass is 10.1. The van der Waals surface area contributed by atoms with Crippen LogP contribution in [0.15, 0.2) is 66.7 Å². The third-order valence-electron chi connectivity index (χ3n) is 5.33. The molecule has 0 saturated carbocycles. The van der Waals surface area contributed by atoms with Gasteiger partial charge in [-0.15, -0.1) is 0 Å². The largest absolute Gasteiger partial charge is 0.473 e. The molecule has 1 aromatic heterocycles. The molecule has 0 atom stereocenters. The van der Waals surface area contributed by atoms with Gasteiger partial charge in [-0.2, -0.15) is 0 Å². The van der Waals surface area contributed by atoms with E-state index in [-0.39, 0.29) is 0 Å². The second kappa shape index (κ2) is 11.7. The predicted molar refractivity (Wildman–Crippen MR) is 126 cm³/mol. The fourth-order valence-electron chi connectivity index (χ4n) is 3.60. The molecule has 3 aromatic rings. The van der Waals surface area contributed by atoms with Crippen molar-refractivity contribution in [3.63, 3.8) is 0 Å². The van der Waals surface area contributed by atoms with Crippen LogP contribution < -0.4 is 4.90 Å². The SMILES string of the molecule is Cc1nc(-c2ccccc2)cc(N2CCN(CCc3ccccc3)CC2)n1.O=C(O)C(=O)O. The van der Waals surface area contributed by atoms with Crippen LogP contribution in [0.4, 0.5) is 5.82 Å². The number of hydrogen-bond acceptors (Lipinski definition) is 6. The number of piperazine rings is 1. The highest BCUT2D eigenvalue weighted by molar-refractivity contribution is 6.27. The van der Waals surface area contributed by atoms with E-state index in [0.717, 1.165) is 62.0 Å². The zero-order chi connectivity index (χ0) is 23.6. The van der Waals surface area contributed by atoms with Crippen LogP contribution in [0.3, 0.4) is 0 Å². The van der Waals surface area contributed by atoms with Crippen molar-refractivity contribution in [1.29, 1.82) is 0 Å². The van der Waals surface area contributed by atoms with Crippen LogP contribution in [0.1, 0.15) is 11.4 Å². The first kappa shape index (κ1) is 23.9. The summed E-state index contributed by atoms with van der Waals surface area (Å²) in [6, 6.07) is 23.2. The number of hydrogen-bond donors (Lipinski definition) is 2. The molecule has 0 bridgehead atoms. The first-order valence-electron chi connectivity index (χ1n) is 10.8. The maximum atomic E-state index is 9.10. The summed E-state index contributed by atoms with van der Waals surface area (Å²) in [5.74, 6) is -1.77. The quantitative estimate of drug-likeness (QED) is 0.574. The standard InChI is InChI=1S/C23H26N4.C2H2O4/c1-19-24-22(21-10-6-3-7-11-21)18-23(25-19)27-16-14-26(15-17-27)13-12-20-8-4-2-5-9-20;3-1(4)2(5)6/h2-11,18H,12-17H2,1H3;(H,3,4)(H,5,6). The fourth-order valence-corrected chi connectivity index (χ4v) is 3.60. The van der Waals surface area contributed by atoms with Gasteiger partial charge in [-0.3, -0.25) is 4.90 Å². The summed E-state index contributed by atoms with van der Waals surface area (Å²) in [5, 5.41) is 14.8. The number of carboxylic acids is 2. The molecule has 1 saturated heterocycles. The Morgan fingerprint density at radius 2 is 1.42 bits per heavy atom. The Morgan fingerprint density at radius 1 is 0.848 bits per heavy atom. The maximum Gasteiger partial charge on any atom is 0.414 e. The minimum Gasteiger partial charge on any atom is -0.473 e. The van der Waals surface area contributed by atoms with E-state index in [1.54, 1.807) is 0 Å². The summed E-state index contributed by atoms with van der Waals surface area (Å²) in [6.45, 7) is 7.29. The van der Waals surface area contributed by atoms with Crippen LogP contribution in [0.2, 0.25) is 0 Å². The molecule has 0 aliphatic carbocycles. The van der Waals surface area contributed by atoms with Crippen molar-refractivity contribution in [3.05, 3.63) is 78.1 Å². The third-order valence-corrected chi connectivity index (χ3v) is 5.33. The van der Waals surface area contributed by atoms with Gasteiger partial charge in [0.05, 0.1) is 5.69 Å². The molecule has 8 heteroatoms. The molecule has 0 unspecified atom stereocenters. The van der Waals surface area contributed by atoms with Crippen LogP contribution in [0, 0.1) is 6.92 Å². The highest BCUT2D eigenvalue weighted by Crippen LogP contribution is 2.22. The first-order chi connectivity index (χ1) is 15.9. The molecule has 2 N–H and O–H groups in total. The van der Waals surface area contributed by atoms with E-state index in [1.807, 2.05) is 13.0 Å². The minimum absolute atomic E-state index is 0.831. The molecule has 172 valence electrons. The van der Waals surface area contributed by atoms with Crippen LogP contribution >= 0.6 is 0 Å². The molecular weight excluding hydrogens is 420 g/mol. The number of aryl methyl sites for hydroxylation is 1. The van der Waals surface area contributed by atoms with Gasteiger partial charge in [-0.05, 0) is 18.9 Å². The molecule has 2 heterocycles. The number of anilines is 1. The summed E-state index contributed by atoms with van der Waals surface area (Å²) < 4.78 is 0. The van der Waals surface area contributed by atoms with Crippen molar-refractivity contribution < 1.29 is 19.8 Å². The monoisotopic (exact) mass is 448 g/mol. The van der Waals surface area contributed by atoms with Crippen molar-refractivity contribution >= 4 is 17.8 Å². The molecule has 0 spiro atoms. The van der Waals surface area contributed by atoms with Gasteiger partial charge >= 0.3 is 11.9 Å². The summed E-state index contributed by atoms with van der Waals surface area (Å²) in [4.78, 5) is 32.5. The average molecular weight is 449 g/mol. The fraction of sp³-hybridized carbons (Fsp3) is 0.280. The van der Waals surface area contributed by atoms with E-state index >= 15 is 0 Å². The van der Waals surface area contributed by atoms with Crippen molar-refractivity contribution in [1.82, 2.24) is 14.9 Å². The highest BCUT2D eigenvalue weighted by Gasteiger charge is 2.19. The van der Waals surface area contributed by atoms with Gasteiger partial charge in [0.15, 0.2) is 0 Å². The van der Waals surface area contributed by atoms with Gasteiger partial charge in [0, 0.05) is 44.4 Å². The number of benzene rings is 2. The maximum absolute atomic E-state index is 9.10. The lowest BCUT2D eigenvalue weighted by Gasteiger charge is -2.35. The smallest absolute Gasteiger partial charge is 0.414 e. The zero-order valence-corrected chi connectivity index (χ0v) is 18.6. The Kier molecular flexibility index (Phi) is 8.49. The van der Waals surface area contributed by atoms with Crippen LogP contribution in [0.25, 0.3) is 11.3 Å². The molecule has 1 fully saturated rings. The van der Waals surface area contributed by atoms with Crippen molar-refractivity contribution in [3.8, 4) is 11.3 Å². The third kappa shape index (κ3) is 7.40. The minimum atomic E-state index is -1.82. The molecule has 8 nitrogen and oxygen atoms in total. The van der Waals surface area contributed by atoms with E-state index in [9.17, 15) is 0 Å². The number of aliphatic carboxylic acids is 2. The first-order valence-corrected chi connectivity index (χ1v) is 10.8. The van der Waals surface area contributed by atoms with Crippen LogP contribution in [0.5, 0.6) is 0 Å². The summed E-state index contributed by atoms with van der Waals surface area (Å²) in [6.07, 6.45) is 1.12. The van der Waals surface area contributed by atoms with E-state index in [2.05, 4.69) is 75.4 Å². The molecule has 0 radical (unpaired) electrons. The van der Waals surface area contributed by atoms with E-state index < -0.39 is 11.9 Å². The number of carbonyl (C=O) groups is 2. The summed E-state index contributed by atoms with van der Waals surface area (Å²) in [7, 11) is 0. The predicted octanol–water partition coefficient (Wildman–Crippen LogP) is 2.97. The summed E-state index contributed by atoms with van der Waals surface area (Å²) in [5.41, 5.74) is 3.56. The van der Waals surface area contributed by atoms with Crippen molar-refractivity contribution in [2.45, 2.75) is 13.3 Å². The Bertz CT molecular complexity index is 1040. The molecule has 33 heavy (non-hydrogen) atoms. The van der Waals surface area contributed by atoms with Crippen LogP contribution in [-0.2, 0) is 16.0 Å². The molecule has 0 amide bonds. The van der Waals surface area contributed by atoms with Gasteiger partial charge in [0.25, 0.3) is 0 Å². The van der Waals surface area contributed by atoms with E-state index in [0.29, 0.717) is 0 Å². The number of rotatable bonds is 5. The van der Waals surface area contributed by atoms with Gasteiger partial charge in [0.2, 0.25) is 0 Å². The Hall–Kier alpha value is -3.78. The molecular formula is C25H28N4O4. The summed E-state index contributed by atoms with van der Waals surface area (Å²) >= 11 is 0. The molecule has 4 rings (SSSR count). The molecule has 1 aliphatic heterocycles. The lowest BCUT2D eigenvalue weighted by molar-refractivity contribution is -0.159. The van der Waals surface area contributed by atoms with Gasteiger partial charge in [0.1, 0.15) is 11.6 Å². The van der Waals surface area contributed by atoms with Gasteiger partial charge in [-0.1, -0.05) is 60.7 Å². The van der Waals surface area contributed by atoms with Crippen molar-refractivity contribution in [2.75, 3.05) is 37.6 Å². The van der Waals surface area contributed by atoms with Gasteiger partial charge < -0.3 is 15.1 Å². The highest BCUT2D eigenvalue weighted by atomic mass is 16.4. The second-order valence-electron chi connectivity index (χ2n) is 7.70. The normalized spacial score (nSPS) is 13.7. The van der Waals surface area contributed by atoms with Gasteiger partial charge in [-0.25, -0.2) is 19.6 Å². The van der Waals surface area contributed by atoms with Crippen LogP contribution in [-0.4, -0.2) is 69.7 Å². The van der Waals surface area contributed by atoms with E-state index in [1.165, 1.54) is 5.56 Å². The zero-order valence-electron chi connectivity index (χ0n) is 18.6. The lowest BCUT2D eigenvalue weighted by Crippen LogP contribution is -2.47. The molecule has 2 aromatic carbocycles. The number of aromatic nitrogens is 2. The van der Waals surface area contributed by atoms with E-state index in [4.69, 9.17) is 24.8 Å². The Morgan fingerprint density at radius 3 is 2.00 bits per heavy atom. The Labute approximate surface area is 193 Å². The number of nitrogens with zero attached hydrogens (tertiary/aromatic N) is 4. The topological polar surface area (TPSA) is 107 Å².